The highest BCUT2D eigenvalue weighted by Crippen LogP contribution is 2.47. The molecule has 2 heterocycles. The fraction of sp³-hybridized carbons (Fsp3) is 0.240. The van der Waals surface area contributed by atoms with E-state index in [-0.39, 0.29) is 0 Å². The van der Waals surface area contributed by atoms with Gasteiger partial charge < -0.3 is 14.4 Å². The van der Waals surface area contributed by atoms with Gasteiger partial charge in [-0.25, -0.2) is 0 Å². The van der Waals surface area contributed by atoms with Gasteiger partial charge in [0, 0.05) is 29.6 Å². The van der Waals surface area contributed by atoms with Crippen LogP contribution in [0.25, 0.3) is 16.3 Å². The summed E-state index contributed by atoms with van der Waals surface area (Å²) in [6.07, 6.45) is 10.7. The fourth-order valence-electron chi connectivity index (χ4n) is 3.67. The Morgan fingerprint density at radius 3 is 2.48 bits per heavy atom. The van der Waals surface area contributed by atoms with Crippen LogP contribution in [-0.4, -0.2) is 20.8 Å². The van der Waals surface area contributed by atoms with Crippen molar-refractivity contribution in [3.8, 4) is 11.5 Å². The second-order valence-corrected chi connectivity index (χ2v) is 9.07. The predicted molar refractivity (Wildman–Crippen MR) is 132 cm³/mol. The van der Waals surface area contributed by atoms with E-state index < -0.39 is 0 Å². The van der Waals surface area contributed by atoms with Gasteiger partial charge in [0.2, 0.25) is 5.52 Å². The molecule has 6 heteroatoms. The number of aromatic nitrogens is 1. The van der Waals surface area contributed by atoms with Crippen LogP contribution >= 0.6 is 23.1 Å². The number of methoxy groups -OCH3 is 2. The SMILES string of the molecule is CCN1/C(=C/C=C/C=C/c2sc3cc(OC)ccc3[n+]2CC)Sc2cc(OC)ccc21. The number of nitrogens with zero attached hydrogens (tertiary/aromatic N) is 2. The van der Waals surface area contributed by atoms with E-state index in [9.17, 15) is 0 Å². The molecule has 0 saturated heterocycles. The number of hydrogen-bond donors (Lipinski definition) is 0. The highest BCUT2D eigenvalue weighted by Gasteiger charge is 2.23. The number of aryl methyl sites for hydroxylation is 1. The lowest BCUT2D eigenvalue weighted by Crippen LogP contribution is -2.33. The van der Waals surface area contributed by atoms with Gasteiger partial charge in [0.15, 0.2) is 0 Å². The van der Waals surface area contributed by atoms with Crippen LogP contribution in [0.1, 0.15) is 18.9 Å². The van der Waals surface area contributed by atoms with Gasteiger partial charge in [-0.2, -0.15) is 4.57 Å². The Hall–Kier alpha value is -2.70. The molecule has 4 nitrogen and oxygen atoms in total. The average molecular weight is 452 g/mol. The standard InChI is InChI=1S/C25H27N2O2S2/c1-5-26-20-14-12-18(28-3)16-22(20)30-24(26)10-8-7-9-11-25-27(6-2)21-15-13-19(29-4)17-23(21)31-25/h7-17H,5-6H2,1-4H3/q+1. The molecule has 0 unspecified atom stereocenters. The Kier molecular flexibility index (Phi) is 6.68. The first-order chi connectivity index (χ1) is 15.2. The van der Waals surface area contributed by atoms with Crippen molar-refractivity contribution >= 4 is 45.1 Å². The molecular weight excluding hydrogens is 424 g/mol. The third kappa shape index (κ3) is 4.36. The minimum Gasteiger partial charge on any atom is -0.497 e. The summed E-state index contributed by atoms with van der Waals surface area (Å²) in [5.41, 5.74) is 2.49. The smallest absolute Gasteiger partial charge is 0.262 e. The van der Waals surface area contributed by atoms with Crippen molar-refractivity contribution in [2.45, 2.75) is 25.3 Å². The average Bonchev–Trinajstić information content (AvgIpc) is 3.34. The van der Waals surface area contributed by atoms with Crippen LogP contribution in [0.3, 0.4) is 0 Å². The van der Waals surface area contributed by atoms with Gasteiger partial charge in [-0.15, -0.1) is 0 Å². The van der Waals surface area contributed by atoms with Crippen LogP contribution in [0.5, 0.6) is 11.5 Å². The molecule has 3 aromatic rings. The molecule has 0 spiro atoms. The first-order valence-corrected chi connectivity index (χ1v) is 12.0. The molecule has 1 aromatic heterocycles. The van der Waals surface area contributed by atoms with E-state index in [1.165, 1.54) is 30.8 Å². The molecule has 0 N–H and O–H groups in total. The number of anilines is 1. The largest absolute Gasteiger partial charge is 0.497 e. The van der Waals surface area contributed by atoms with Crippen molar-refractivity contribution in [3.05, 3.63) is 70.7 Å². The Morgan fingerprint density at radius 1 is 0.968 bits per heavy atom. The molecule has 0 bridgehead atoms. The minimum absolute atomic E-state index is 0.896. The quantitative estimate of drug-likeness (QED) is 0.312. The first kappa shape index (κ1) is 21.5. The molecule has 0 radical (unpaired) electrons. The van der Waals surface area contributed by atoms with Gasteiger partial charge >= 0.3 is 0 Å². The van der Waals surface area contributed by atoms with Crippen molar-refractivity contribution in [1.82, 2.24) is 0 Å². The summed E-state index contributed by atoms with van der Waals surface area (Å²) in [7, 11) is 3.42. The molecule has 1 aliphatic rings. The molecule has 31 heavy (non-hydrogen) atoms. The molecule has 0 fully saturated rings. The van der Waals surface area contributed by atoms with E-state index in [1.54, 1.807) is 37.3 Å². The van der Waals surface area contributed by atoms with E-state index in [0.717, 1.165) is 24.6 Å². The molecule has 1 aliphatic heterocycles. The molecule has 0 aliphatic carbocycles. The maximum absolute atomic E-state index is 5.37. The molecule has 160 valence electrons. The van der Waals surface area contributed by atoms with E-state index in [1.807, 2.05) is 12.1 Å². The van der Waals surface area contributed by atoms with Gasteiger partial charge in [-0.05, 0) is 44.2 Å². The number of fused-ring (bicyclic) bond motifs is 2. The van der Waals surface area contributed by atoms with Crippen molar-refractivity contribution in [3.63, 3.8) is 0 Å². The Morgan fingerprint density at radius 2 is 1.74 bits per heavy atom. The zero-order valence-corrected chi connectivity index (χ0v) is 19.9. The summed E-state index contributed by atoms with van der Waals surface area (Å²) in [6.45, 7) is 6.22. The lowest BCUT2D eigenvalue weighted by atomic mass is 10.2. The summed E-state index contributed by atoms with van der Waals surface area (Å²) in [6, 6.07) is 12.5. The number of rotatable bonds is 7. The summed E-state index contributed by atoms with van der Waals surface area (Å²) in [5.74, 6) is 1.79. The van der Waals surface area contributed by atoms with Crippen LogP contribution in [0.4, 0.5) is 5.69 Å². The summed E-state index contributed by atoms with van der Waals surface area (Å²) >= 11 is 3.57. The van der Waals surface area contributed by atoms with Crippen molar-refractivity contribution < 1.29 is 14.0 Å². The lowest BCUT2D eigenvalue weighted by molar-refractivity contribution is -0.665. The summed E-state index contributed by atoms with van der Waals surface area (Å²) in [4.78, 5) is 3.57. The fourth-order valence-corrected chi connectivity index (χ4v) is 6.00. The van der Waals surface area contributed by atoms with Crippen molar-refractivity contribution in [1.29, 1.82) is 0 Å². The van der Waals surface area contributed by atoms with E-state index in [0.29, 0.717) is 0 Å². The molecule has 2 aromatic carbocycles. The second kappa shape index (κ2) is 9.62. The number of thiazole rings is 1. The van der Waals surface area contributed by atoms with Crippen LogP contribution in [-0.2, 0) is 6.54 Å². The number of thioether (sulfide) groups is 1. The van der Waals surface area contributed by atoms with E-state index >= 15 is 0 Å². The number of hydrogen-bond acceptors (Lipinski definition) is 5. The number of ether oxygens (including phenoxy) is 2. The summed E-state index contributed by atoms with van der Waals surface area (Å²) < 4.78 is 14.3. The van der Waals surface area contributed by atoms with Gasteiger partial charge in [0.05, 0.1) is 24.9 Å². The highest BCUT2D eigenvalue weighted by atomic mass is 32.2. The zero-order chi connectivity index (χ0) is 21.8. The van der Waals surface area contributed by atoms with Crippen molar-refractivity contribution in [2.24, 2.45) is 0 Å². The Bertz CT molecular complexity index is 1180. The Labute approximate surface area is 192 Å². The summed E-state index contributed by atoms with van der Waals surface area (Å²) in [5, 5.41) is 2.46. The molecule has 0 saturated carbocycles. The normalized spacial score (nSPS) is 15.0. The van der Waals surface area contributed by atoms with Crippen LogP contribution < -0.4 is 18.9 Å². The van der Waals surface area contributed by atoms with Gasteiger partial charge in [-0.3, -0.25) is 0 Å². The molecule has 4 rings (SSSR count). The van der Waals surface area contributed by atoms with Crippen LogP contribution in [0.15, 0.2) is 70.6 Å². The third-order valence-electron chi connectivity index (χ3n) is 5.21. The topological polar surface area (TPSA) is 25.6 Å². The van der Waals surface area contributed by atoms with Gasteiger partial charge in [0.25, 0.3) is 5.01 Å². The van der Waals surface area contributed by atoms with Crippen molar-refractivity contribution in [2.75, 3.05) is 25.7 Å². The first-order valence-electron chi connectivity index (χ1n) is 10.4. The highest BCUT2D eigenvalue weighted by molar-refractivity contribution is 8.03. The maximum atomic E-state index is 5.37. The van der Waals surface area contributed by atoms with Gasteiger partial charge in [-0.1, -0.05) is 41.3 Å². The Balaban J connectivity index is 1.51. The van der Waals surface area contributed by atoms with Gasteiger partial charge in [0.1, 0.15) is 22.7 Å². The van der Waals surface area contributed by atoms with E-state index in [4.69, 9.17) is 9.47 Å². The monoisotopic (exact) mass is 451 g/mol. The van der Waals surface area contributed by atoms with Crippen LogP contribution in [0.2, 0.25) is 0 Å². The number of allylic oxidation sites excluding steroid dienone is 4. The second-order valence-electron chi connectivity index (χ2n) is 6.95. The third-order valence-corrected chi connectivity index (χ3v) is 7.43. The van der Waals surface area contributed by atoms with E-state index in [2.05, 4.69) is 78.0 Å². The molecule has 0 amide bonds. The molecular formula is C25H27N2O2S2+. The molecule has 0 atom stereocenters. The maximum Gasteiger partial charge on any atom is 0.262 e. The van der Waals surface area contributed by atoms with Crippen LogP contribution in [0, 0.1) is 0 Å². The predicted octanol–water partition coefficient (Wildman–Crippen LogP) is 6.27. The minimum atomic E-state index is 0.896. The zero-order valence-electron chi connectivity index (χ0n) is 18.3. The number of benzene rings is 2. The lowest BCUT2D eigenvalue weighted by Gasteiger charge is -2.17.